The van der Waals surface area contributed by atoms with E-state index in [9.17, 15) is 0 Å². The van der Waals surface area contributed by atoms with Crippen molar-refractivity contribution in [2.45, 2.75) is 16.8 Å². The van der Waals surface area contributed by atoms with Gasteiger partial charge in [-0.25, -0.2) is 4.98 Å². The first kappa shape index (κ1) is 12.8. The number of ether oxygens (including phenoxy) is 2. The highest BCUT2D eigenvalue weighted by atomic mass is 79.9. The fraction of sp³-hybridized carbons (Fsp3) is 0.214. The van der Waals surface area contributed by atoms with Crippen LogP contribution in [0.3, 0.4) is 0 Å². The number of hydrogen-bond acceptors (Lipinski definition) is 4. The normalized spacial score (nSPS) is 13.4. The van der Waals surface area contributed by atoms with Crippen LogP contribution in [0.25, 0.3) is 0 Å². The maximum Gasteiger partial charge on any atom is 0.162 e. The van der Waals surface area contributed by atoms with Crippen LogP contribution in [0, 0.1) is 6.92 Å². The first-order chi connectivity index (χ1) is 9.22. The third kappa shape index (κ3) is 2.87. The van der Waals surface area contributed by atoms with Crippen molar-refractivity contribution < 1.29 is 9.47 Å². The number of pyridine rings is 1. The van der Waals surface area contributed by atoms with Crippen LogP contribution in [0.1, 0.15) is 5.56 Å². The van der Waals surface area contributed by atoms with E-state index in [0.29, 0.717) is 13.2 Å². The Balaban J connectivity index is 1.87. The largest absolute Gasteiger partial charge is 0.486 e. The lowest BCUT2D eigenvalue weighted by Gasteiger charge is -2.18. The van der Waals surface area contributed by atoms with E-state index in [1.807, 2.05) is 24.4 Å². The van der Waals surface area contributed by atoms with Gasteiger partial charge in [0.05, 0.1) is 0 Å². The quantitative estimate of drug-likeness (QED) is 0.826. The molecule has 0 saturated carbocycles. The van der Waals surface area contributed by atoms with Crippen molar-refractivity contribution >= 4 is 27.7 Å². The van der Waals surface area contributed by atoms with Crippen LogP contribution in [-0.2, 0) is 0 Å². The monoisotopic (exact) mass is 337 g/mol. The van der Waals surface area contributed by atoms with Crippen LogP contribution < -0.4 is 9.47 Å². The van der Waals surface area contributed by atoms with Gasteiger partial charge in [0.2, 0.25) is 0 Å². The molecule has 3 nitrogen and oxygen atoms in total. The predicted molar refractivity (Wildman–Crippen MR) is 78.2 cm³/mol. The Morgan fingerprint density at radius 2 is 1.95 bits per heavy atom. The molecule has 1 aromatic carbocycles. The summed E-state index contributed by atoms with van der Waals surface area (Å²) in [6, 6.07) is 8.04. The second kappa shape index (κ2) is 5.43. The molecule has 0 spiro atoms. The molecule has 0 aliphatic carbocycles. The summed E-state index contributed by atoms with van der Waals surface area (Å²) in [7, 11) is 0. The number of hydrogen-bond donors (Lipinski definition) is 0. The van der Waals surface area contributed by atoms with E-state index < -0.39 is 0 Å². The molecule has 5 heteroatoms. The van der Waals surface area contributed by atoms with E-state index in [0.717, 1.165) is 31.5 Å². The number of aryl methyl sites for hydroxylation is 1. The van der Waals surface area contributed by atoms with Crippen LogP contribution in [-0.4, -0.2) is 18.2 Å². The molecule has 0 amide bonds. The van der Waals surface area contributed by atoms with E-state index in [-0.39, 0.29) is 0 Å². The van der Waals surface area contributed by atoms with Crippen molar-refractivity contribution in [1.82, 2.24) is 4.98 Å². The molecular weight excluding hydrogens is 326 g/mol. The molecule has 1 aromatic heterocycles. The molecule has 2 heterocycles. The summed E-state index contributed by atoms with van der Waals surface area (Å²) in [6.45, 7) is 3.28. The molecular formula is C14H12BrNO2S. The number of rotatable bonds is 2. The van der Waals surface area contributed by atoms with Gasteiger partial charge >= 0.3 is 0 Å². The van der Waals surface area contributed by atoms with Crippen LogP contribution in [0.2, 0.25) is 0 Å². The number of fused-ring (bicyclic) bond motifs is 1. The van der Waals surface area contributed by atoms with Crippen molar-refractivity contribution in [3.05, 3.63) is 40.5 Å². The van der Waals surface area contributed by atoms with Crippen molar-refractivity contribution in [1.29, 1.82) is 0 Å². The Kier molecular flexibility index (Phi) is 3.66. The maximum atomic E-state index is 5.58. The highest BCUT2D eigenvalue weighted by molar-refractivity contribution is 9.10. The lowest BCUT2D eigenvalue weighted by molar-refractivity contribution is 0.171. The summed E-state index contributed by atoms with van der Waals surface area (Å²) in [5.74, 6) is 1.63. The van der Waals surface area contributed by atoms with Gasteiger partial charge in [-0.1, -0.05) is 11.8 Å². The molecule has 98 valence electrons. The minimum atomic E-state index is 0.608. The number of aromatic nitrogens is 1. The first-order valence-corrected chi connectivity index (χ1v) is 7.53. The second-order valence-corrected chi connectivity index (χ2v) is 6.16. The fourth-order valence-electron chi connectivity index (χ4n) is 1.83. The van der Waals surface area contributed by atoms with Gasteiger partial charge in [-0.2, -0.15) is 0 Å². The topological polar surface area (TPSA) is 31.4 Å². The standard InChI is InChI=1S/C14H12BrNO2S/c1-9-6-10(15)8-16-14(9)19-11-2-3-12-13(7-11)18-5-4-17-12/h2-3,6-8H,4-5H2,1H3. The van der Waals surface area contributed by atoms with E-state index in [2.05, 4.69) is 33.9 Å². The summed E-state index contributed by atoms with van der Waals surface area (Å²) < 4.78 is 12.1. The molecule has 0 atom stereocenters. The average Bonchev–Trinajstić information content (AvgIpc) is 2.42. The zero-order valence-electron chi connectivity index (χ0n) is 10.4. The Morgan fingerprint density at radius 1 is 1.16 bits per heavy atom. The molecule has 0 unspecified atom stereocenters. The number of benzene rings is 1. The van der Waals surface area contributed by atoms with E-state index in [4.69, 9.17) is 9.47 Å². The van der Waals surface area contributed by atoms with Crippen LogP contribution in [0.15, 0.2) is 44.9 Å². The van der Waals surface area contributed by atoms with Gasteiger partial charge in [-0.05, 0) is 52.7 Å². The molecule has 0 bridgehead atoms. The smallest absolute Gasteiger partial charge is 0.162 e. The molecule has 0 fully saturated rings. The van der Waals surface area contributed by atoms with Gasteiger partial charge in [0.1, 0.15) is 18.2 Å². The van der Waals surface area contributed by atoms with Crippen LogP contribution >= 0.6 is 27.7 Å². The van der Waals surface area contributed by atoms with Crippen LogP contribution in [0.5, 0.6) is 11.5 Å². The van der Waals surface area contributed by atoms with Crippen molar-refractivity contribution in [3.63, 3.8) is 0 Å². The van der Waals surface area contributed by atoms with E-state index >= 15 is 0 Å². The zero-order chi connectivity index (χ0) is 13.2. The fourth-order valence-corrected chi connectivity index (χ4v) is 3.13. The van der Waals surface area contributed by atoms with Crippen molar-refractivity contribution in [3.8, 4) is 11.5 Å². The Bertz CT molecular complexity index is 618. The van der Waals surface area contributed by atoms with Gasteiger partial charge in [0, 0.05) is 15.6 Å². The SMILES string of the molecule is Cc1cc(Br)cnc1Sc1ccc2c(c1)OCCO2. The van der Waals surface area contributed by atoms with E-state index in [1.165, 1.54) is 0 Å². The lowest BCUT2D eigenvalue weighted by atomic mass is 10.3. The van der Waals surface area contributed by atoms with Gasteiger partial charge in [-0.3, -0.25) is 0 Å². The third-order valence-corrected chi connectivity index (χ3v) is 4.27. The summed E-state index contributed by atoms with van der Waals surface area (Å²) in [6.07, 6.45) is 1.81. The zero-order valence-corrected chi connectivity index (χ0v) is 12.8. The van der Waals surface area contributed by atoms with Gasteiger partial charge in [0.15, 0.2) is 11.5 Å². The second-order valence-electron chi connectivity index (χ2n) is 4.18. The summed E-state index contributed by atoms with van der Waals surface area (Å²) in [4.78, 5) is 5.53. The van der Waals surface area contributed by atoms with Crippen LogP contribution in [0.4, 0.5) is 0 Å². The molecule has 0 N–H and O–H groups in total. The molecule has 1 aliphatic heterocycles. The first-order valence-electron chi connectivity index (χ1n) is 5.92. The Morgan fingerprint density at radius 3 is 2.74 bits per heavy atom. The highest BCUT2D eigenvalue weighted by Crippen LogP contribution is 2.37. The molecule has 0 radical (unpaired) electrons. The predicted octanol–water partition coefficient (Wildman–Crippen LogP) is 4.07. The maximum absolute atomic E-state index is 5.58. The molecule has 19 heavy (non-hydrogen) atoms. The minimum absolute atomic E-state index is 0.608. The lowest BCUT2D eigenvalue weighted by Crippen LogP contribution is -2.15. The van der Waals surface area contributed by atoms with Gasteiger partial charge < -0.3 is 9.47 Å². The summed E-state index contributed by atoms with van der Waals surface area (Å²) >= 11 is 5.05. The van der Waals surface area contributed by atoms with E-state index in [1.54, 1.807) is 11.8 Å². The summed E-state index contributed by atoms with van der Waals surface area (Å²) in [5.41, 5.74) is 1.15. The Hall–Kier alpha value is -1.20. The van der Waals surface area contributed by atoms with Gasteiger partial charge in [0.25, 0.3) is 0 Å². The molecule has 1 aliphatic rings. The third-order valence-electron chi connectivity index (χ3n) is 2.73. The minimum Gasteiger partial charge on any atom is -0.486 e. The molecule has 3 rings (SSSR count). The number of halogens is 1. The molecule has 2 aromatic rings. The van der Waals surface area contributed by atoms with Crippen molar-refractivity contribution in [2.24, 2.45) is 0 Å². The number of nitrogens with zero attached hydrogens (tertiary/aromatic N) is 1. The van der Waals surface area contributed by atoms with Gasteiger partial charge in [-0.15, -0.1) is 0 Å². The average molecular weight is 338 g/mol. The summed E-state index contributed by atoms with van der Waals surface area (Å²) in [5, 5.41) is 1.000. The Labute approximate surface area is 124 Å². The van der Waals surface area contributed by atoms with Crippen molar-refractivity contribution in [2.75, 3.05) is 13.2 Å². The molecule has 0 saturated heterocycles. The highest BCUT2D eigenvalue weighted by Gasteiger charge is 2.13.